The third-order valence-corrected chi connectivity index (χ3v) is 6.92. The van der Waals surface area contributed by atoms with Gasteiger partial charge in [0, 0.05) is 19.5 Å². The number of hydrogen-bond acceptors (Lipinski definition) is 8. The maximum absolute atomic E-state index is 13.6. The van der Waals surface area contributed by atoms with Gasteiger partial charge in [-0.05, 0) is 69.7 Å². The molecule has 0 saturated heterocycles. The molecule has 0 saturated carbocycles. The predicted octanol–water partition coefficient (Wildman–Crippen LogP) is 1.33. The summed E-state index contributed by atoms with van der Waals surface area (Å²) in [6.07, 6.45) is -0.745. The molecule has 44 heavy (non-hydrogen) atoms. The topological polar surface area (TPSA) is 181 Å². The molecule has 2 aliphatic heterocycles. The van der Waals surface area contributed by atoms with Crippen LogP contribution in [-0.2, 0) is 32.0 Å². The molecule has 0 radical (unpaired) electrons. The highest BCUT2D eigenvalue weighted by Crippen LogP contribution is 2.15. The number of carbonyl (C=O) groups is 4. The van der Waals surface area contributed by atoms with Crippen molar-refractivity contribution in [2.45, 2.75) is 82.7 Å². The highest BCUT2D eigenvalue weighted by atomic mass is 16.6. The molecule has 12 heteroatoms. The zero-order chi connectivity index (χ0) is 32.1. The normalized spacial score (nSPS) is 19.3. The van der Waals surface area contributed by atoms with Crippen molar-refractivity contribution < 1.29 is 33.8 Å². The van der Waals surface area contributed by atoms with Crippen molar-refractivity contribution >= 4 is 23.8 Å². The third-order valence-electron chi connectivity index (χ3n) is 6.92. The van der Waals surface area contributed by atoms with Crippen molar-refractivity contribution in [1.29, 1.82) is 0 Å². The van der Waals surface area contributed by atoms with Crippen LogP contribution < -0.4 is 31.7 Å². The first-order chi connectivity index (χ1) is 20.9. The summed E-state index contributed by atoms with van der Waals surface area (Å²) in [6.45, 7) is 5.90. The van der Waals surface area contributed by atoms with Crippen LogP contribution in [0.15, 0.2) is 54.6 Å². The molecule has 2 heterocycles. The van der Waals surface area contributed by atoms with Crippen LogP contribution in [0.5, 0.6) is 5.75 Å². The van der Waals surface area contributed by atoms with Gasteiger partial charge in [-0.15, -0.1) is 0 Å². The zero-order valence-corrected chi connectivity index (χ0v) is 25.6. The Bertz CT molecular complexity index is 1230. The van der Waals surface area contributed by atoms with Crippen molar-refractivity contribution in [3.8, 4) is 5.75 Å². The fourth-order valence-electron chi connectivity index (χ4n) is 4.66. The van der Waals surface area contributed by atoms with E-state index in [0.717, 1.165) is 11.1 Å². The molecule has 2 bridgehead atoms. The Labute approximate surface area is 258 Å². The Morgan fingerprint density at radius 3 is 2.45 bits per heavy atom. The van der Waals surface area contributed by atoms with Crippen LogP contribution in [0.2, 0.25) is 0 Å². The van der Waals surface area contributed by atoms with Gasteiger partial charge in [-0.25, -0.2) is 4.79 Å². The third kappa shape index (κ3) is 12.2. The number of hydrogen-bond donors (Lipinski definition) is 6. The Morgan fingerprint density at radius 2 is 1.80 bits per heavy atom. The SMILES string of the molecule is CC(C)(C)OC(=O)N[C@@H](Cc1ccccc1)[C@@H](O)CN[C@H]1Cc2ccc(cc2)OCCCNC(=O)[C@H](CCC(N)=O)NC1=O. The molecular weight excluding hydrogens is 566 g/mol. The first-order valence-electron chi connectivity index (χ1n) is 14.9. The number of aliphatic hydroxyl groups is 1. The Morgan fingerprint density at radius 1 is 1.09 bits per heavy atom. The molecule has 0 spiro atoms. The molecule has 7 N–H and O–H groups in total. The van der Waals surface area contributed by atoms with Crippen LogP contribution in [0.3, 0.4) is 0 Å². The van der Waals surface area contributed by atoms with Crippen LogP contribution in [0.25, 0.3) is 0 Å². The maximum atomic E-state index is 13.6. The maximum Gasteiger partial charge on any atom is 0.407 e. The van der Waals surface area contributed by atoms with Gasteiger partial charge in [0.05, 0.1) is 24.8 Å². The molecule has 0 fully saturated rings. The summed E-state index contributed by atoms with van der Waals surface area (Å²) in [6, 6.07) is 14.1. The monoisotopic (exact) mass is 611 g/mol. The van der Waals surface area contributed by atoms with E-state index in [1.54, 1.807) is 20.8 Å². The lowest BCUT2D eigenvalue weighted by molar-refractivity contribution is -0.130. The van der Waals surface area contributed by atoms with E-state index in [2.05, 4.69) is 21.3 Å². The molecule has 4 atom stereocenters. The number of benzene rings is 2. The van der Waals surface area contributed by atoms with Crippen molar-refractivity contribution in [1.82, 2.24) is 21.3 Å². The summed E-state index contributed by atoms with van der Waals surface area (Å²) >= 11 is 0. The average Bonchev–Trinajstić information content (AvgIpc) is 2.96. The van der Waals surface area contributed by atoms with E-state index in [-0.39, 0.29) is 25.8 Å². The van der Waals surface area contributed by atoms with E-state index in [9.17, 15) is 24.3 Å². The van der Waals surface area contributed by atoms with Crippen LogP contribution in [0, 0.1) is 0 Å². The Balaban J connectivity index is 1.80. The summed E-state index contributed by atoms with van der Waals surface area (Å²) in [4.78, 5) is 50.6. The molecule has 2 aromatic rings. The molecule has 0 aromatic heterocycles. The van der Waals surface area contributed by atoms with E-state index in [0.29, 0.717) is 31.7 Å². The average molecular weight is 612 g/mol. The number of alkyl carbamates (subject to hydrolysis) is 1. The molecule has 4 amide bonds. The van der Waals surface area contributed by atoms with Gasteiger partial charge >= 0.3 is 6.09 Å². The Kier molecular flexibility index (Phi) is 13.0. The van der Waals surface area contributed by atoms with Gasteiger partial charge in [0.25, 0.3) is 0 Å². The summed E-state index contributed by atoms with van der Waals surface area (Å²) < 4.78 is 11.2. The van der Waals surface area contributed by atoms with Crippen molar-refractivity contribution in [2.75, 3.05) is 19.7 Å². The molecule has 12 nitrogen and oxygen atoms in total. The summed E-state index contributed by atoms with van der Waals surface area (Å²) in [5, 5.41) is 22.7. The predicted molar refractivity (Wildman–Crippen MR) is 165 cm³/mol. The first kappa shape index (κ1) is 34.3. The van der Waals surface area contributed by atoms with E-state index in [1.807, 2.05) is 54.6 Å². The second kappa shape index (κ2) is 16.6. The summed E-state index contributed by atoms with van der Waals surface area (Å²) in [7, 11) is 0. The van der Waals surface area contributed by atoms with Gasteiger partial charge in [0.1, 0.15) is 17.4 Å². The number of carbonyl (C=O) groups excluding carboxylic acids is 4. The lowest BCUT2D eigenvalue weighted by Crippen LogP contribution is -2.56. The lowest BCUT2D eigenvalue weighted by atomic mass is 10.00. The molecule has 0 aliphatic carbocycles. The first-order valence-corrected chi connectivity index (χ1v) is 14.9. The largest absolute Gasteiger partial charge is 0.494 e. The molecule has 2 aromatic carbocycles. The van der Waals surface area contributed by atoms with E-state index < -0.39 is 53.6 Å². The standard InChI is InChI=1S/C32H45N5O7/c1-32(2,3)44-31(42)37-25(18-21-8-5-4-6-9-21)27(38)20-35-26-19-22-10-12-23(13-11-22)43-17-7-16-34-29(40)24(36-30(26)41)14-15-28(33)39/h4-6,8-13,24-27,35,38H,7,14-20H2,1-3H3,(H2,33,39)(H,34,40)(H,36,41)(H,37,42)/t24-,25-,26-,27-/m0/s1. The summed E-state index contributed by atoms with van der Waals surface area (Å²) in [5.74, 6) is -0.847. The second-order valence-corrected chi connectivity index (χ2v) is 11.9. The quantitative estimate of drug-likeness (QED) is 0.233. The number of rotatable bonds is 10. The minimum atomic E-state index is -1.11. The van der Waals surface area contributed by atoms with Crippen molar-refractivity contribution in [3.05, 3.63) is 65.7 Å². The minimum absolute atomic E-state index is 0.0337. The van der Waals surface area contributed by atoms with Gasteiger partial charge in [-0.2, -0.15) is 0 Å². The molecule has 2 aliphatic rings. The van der Waals surface area contributed by atoms with E-state index >= 15 is 0 Å². The smallest absolute Gasteiger partial charge is 0.407 e. The van der Waals surface area contributed by atoms with Crippen molar-refractivity contribution in [2.24, 2.45) is 5.73 Å². The zero-order valence-electron chi connectivity index (χ0n) is 25.6. The molecule has 0 unspecified atom stereocenters. The number of amides is 4. The van der Waals surface area contributed by atoms with Gasteiger partial charge in [0.15, 0.2) is 0 Å². The summed E-state index contributed by atoms with van der Waals surface area (Å²) in [5.41, 5.74) is 6.30. The number of fused-ring (bicyclic) bond motifs is 12. The molecule has 240 valence electrons. The number of nitrogens with one attached hydrogen (secondary N) is 4. The fourth-order valence-corrected chi connectivity index (χ4v) is 4.66. The Hall–Kier alpha value is -4.16. The fraction of sp³-hybridized carbons (Fsp3) is 0.500. The number of primary amides is 1. The highest BCUT2D eigenvalue weighted by molar-refractivity contribution is 5.90. The van der Waals surface area contributed by atoms with Crippen LogP contribution in [0.4, 0.5) is 4.79 Å². The minimum Gasteiger partial charge on any atom is -0.494 e. The van der Waals surface area contributed by atoms with Gasteiger partial charge in [0.2, 0.25) is 17.7 Å². The number of aliphatic hydroxyl groups excluding tert-OH is 1. The second-order valence-electron chi connectivity index (χ2n) is 11.9. The van der Waals surface area contributed by atoms with Crippen molar-refractivity contribution in [3.63, 3.8) is 0 Å². The number of nitrogens with two attached hydrogens (primary N) is 1. The highest BCUT2D eigenvalue weighted by Gasteiger charge is 2.29. The van der Waals surface area contributed by atoms with Crippen LogP contribution in [0.1, 0.15) is 51.2 Å². The lowest BCUT2D eigenvalue weighted by Gasteiger charge is -2.29. The van der Waals surface area contributed by atoms with E-state index in [4.69, 9.17) is 15.2 Å². The van der Waals surface area contributed by atoms with Crippen LogP contribution >= 0.6 is 0 Å². The molecular formula is C32H45N5O7. The van der Waals surface area contributed by atoms with Gasteiger partial charge < -0.3 is 41.6 Å². The van der Waals surface area contributed by atoms with Crippen LogP contribution in [-0.4, -0.2) is 78.4 Å². The number of ether oxygens (including phenoxy) is 2. The van der Waals surface area contributed by atoms with Gasteiger partial charge in [-0.3, -0.25) is 14.4 Å². The van der Waals surface area contributed by atoms with E-state index in [1.165, 1.54) is 0 Å². The molecule has 4 rings (SSSR count). The van der Waals surface area contributed by atoms with Gasteiger partial charge in [-0.1, -0.05) is 42.5 Å².